The van der Waals surface area contributed by atoms with E-state index in [-0.39, 0.29) is 24.7 Å². The summed E-state index contributed by atoms with van der Waals surface area (Å²) in [4.78, 5) is 14.9. The molecule has 0 saturated carbocycles. The van der Waals surface area contributed by atoms with Crippen molar-refractivity contribution in [3.05, 3.63) is 35.9 Å². The molecule has 0 radical (unpaired) electrons. The van der Waals surface area contributed by atoms with Gasteiger partial charge in [-0.25, -0.2) is 4.99 Å². The minimum Gasteiger partial charge on any atom is -0.289 e. The second kappa shape index (κ2) is 6.72. The molecule has 2 rings (SSSR count). The van der Waals surface area contributed by atoms with Crippen molar-refractivity contribution in [1.29, 1.82) is 0 Å². The van der Waals surface area contributed by atoms with Crippen molar-refractivity contribution in [2.75, 3.05) is 6.54 Å². The highest BCUT2D eigenvalue weighted by molar-refractivity contribution is 6.40. The van der Waals surface area contributed by atoms with Gasteiger partial charge in [0.2, 0.25) is 0 Å². The Hall–Kier alpha value is -2.18. The number of hydrogen-bond acceptors (Lipinski definition) is 3. The Balaban J connectivity index is 2.11. The molecule has 1 amide bonds. The number of halogens is 3. The molecule has 1 heterocycles. The highest BCUT2D eigenvalue weighted by Gasteiger charge is 2.32. The number of rotatable bonds is 5. The van der Waals surface area contributed by atoms with E-state index in [1.54, 1.807) is 5.01 Å². The van der Waals surface area contributed by atoms with Crippen molar-refractivity contribution in [3.63, 3.8) is 0 Å². The Morgan fingerprint density at radius 3 is 2.64 bits per heavy atom. The monoisotopic (exact) mass is 311 g/mol. The topological polar surface area (TPSA) is 45.0 Å². The smallest absolute Gasteiger partial charge is 0.289 e. The summed E-state index contributed by atoms with van der Waals surface area (Å²) in [5, 5.41) is 5.68. The fourth-order valence-electron chi connectivity index (χ4n) is 2.39. The third kappa shape index (κ3) is 4.16. The van der Waals surface area contributed by atoms with Crippen LogP contribution < -0.4 is 0 Å². The van der Waals surface area contributed by atoms with Crippen molar-refractivity contribution in [3.8, 4) is 0 Å². The molecule has 0 saturated heterocycles. The lowest BCUT2D eigenvalue weighted by Gasteiger charge is -2.24. The molecule has 0 aromatic heterocycles. The summed E-state index contributed by atoms with van der Waals surface area (Å²) in [6, 6.07) is 9.03. The highest BCUT2D eigenvalue weighted by Crippen LogP contribution is 2.32. The molecule has 0 spiro atoms. The number of carbonyl (C=O) groups excluding carboxylic acids is 1. The number of aliphatic imine (C=N–C) groups is 1. The van der Waals surface area contributed by atoms with Gasteiger partial charge in [-0.05, 0) is 18.7 Å². The predicted octanol–water partition coefficient (Wildman–Crippen LogP) is 3.36. The van der Waals surface area contributed by atoms with Crippen LogP contribution in [0.25, 0.3) is 0 Å². The second-order valence-electron chi connectivity index (χ2n) is 5.02. The molecule has 118 valence electrons. The third-order valence-corrected chi connectivity index (χ3v) is 3.42. The van der Waals surface area contributed by atoms with Crippen molar-refractivity contribution < 1.29 is 18.0 Å². The molecule has 7 heteroatoms. The number of nitrogens with zero attached hydrogens (tertiary/aromatic N) is 3. The van der Waals surface area contributed by atoms with Crippen molar-refractivity contribution in [2.24, 2.45) is 10.1 Å². The molecule has 0 aliphatic carbocycles. The Morgan fingerprint density at radius 1 is 1.36 bits per heavy atom. The normalized spacial score (nSPS) is 18.2. The zero-order valence-corrected chi connectivity index (χ0v) is 11.9. The van der Waals surface area contributed by atoms with Crippen LogP contribution in [0.3, 0.4) is 0 Å². The first-order chi connectivity index (χ1) is 10.4. The molecule has 4 nitrogen and oxygen atoms in total. The van der Waals surface area contributed by atoms with Gasteiger partial charge in [0.05, 0.1) is 6.04 Å². The van der Waals surface area contributed by atoms with E-state index in [0.717, 1.165) is 5.56 Å². The summed E-state index contributed by atoms with van der Waals surface area (Å²) in [5.74, 6) is -0.528. The number of alkyl halides is 3. The summed E-state index contributed by atoms with van der Waals surface area (Å²) in [6.45, 7) is 3.31. The summed E-state index contributed by atoms with van der Waals surface area (Å²) in [5.41, 5.74) is 1.14. The van der Waals surface area contributed by atoms with Crippen molar-refractivity contribution >= 4 is 18.3 Å². The lowest BCUT2D eigenvalue weighted by atomic mass is 10.0. The van der Waals surface area contributed by atoms with Gasteiger partial charge in [0.25, 0.3) is 5.91 Å². The summed E-state index contributed by atoms with van der Waals surface area (Å²) < 4.78 is 36.8. The van der Waals surface area contributed by atoms with E-state index in [1.807, 2.05) is 30.3 Å². The molecule has 1 unspecified atom stereocenters. The Labute approximate surface area is 126 Å². The van der Waals surface area contributed by atoms with E-state index in [4.69, 9.17) is 0 Å². The van der Waals surface area contributed by atoms with Gasteiger partial charge >= 0.3 is 6.18 Å². The molecular weight excluding hydrogens is 295 g/mol. The molecular formula is C15H16F3N3O. The average molecular weight is 311 g/mol. The van der Waals surface area contributed by atoms with E-state index in [2.05, 4.69) is 16.8 Å². The SMILES string of the molecule is C=NC(=O)C1=NN(CCCC(F)(F)F)C(c2ccccc2)C1. The van der Waals surface area contributed by atoms with Crippen LogP contribution in [0.4, 0.5) is 13.2 Å². The van der Waals surface area contributed by atoms with Crippen molar-refractivity contribution in [1.82, 2.24) is 5.01 Å². The van der Waals surface area contributed by atoms with Gasteiger partial charge in [-0.2, -0.15) is 18.3 Å². The first kappa shape index (κ1) is 16.2. The number of hydrogen-bond donors (Lipinski definition) is 0. The Bertz CT molecular complexity index is 569. The first-order valence-corrected chi connectivity index (χ1v) is 6.87. The number of carbonyl (C=O) groups is 1. The van der Waals surface area contributed by atoms with Crippen LogP contribution in [0.2, 0.25) is 0 Å². The fourth-order valence-corrected chi connectivity index (χ4v) is 2.39. The number of amides is 1. The van der Waals surface area contributed by atoms with E-state index in [1.165, 1.54) is 0 Å². The molecule has 0 bridgehead atoms. The van der Waals surface area contributed by atoms with Gasteiger partial charge in [0.1, 0.15) is 5.71 Å². The van der Waals surface area contributed by atoms with Gasteiger partial charge in [0, 0.05) is 19.4 Å². The van der Waals surface area contributed by atoms with Crippen LogP contribution in [0.5, 0.6) is 0 Å². The maximum atomic E-state index is 12.3. The zero-order chi connectivity index (χ0) is 16.2. The molecule has 0 fully saturated rings. The number of benzene rings is 1. The fraction of sp³-hybridized carbons (Fsp3) is 0.400. The lowest BCUT2D eigenvalue weighted by Crippen LogP contribution is -2.22. The minimum atomic E-state index is -4.19. The Morgan fingerprint density at radius 2 is 2.05 bits per heavy atom. The van der Waals surface area contributed by atoms with Crippen LogP contribution >= 0.6 is 0 Å². The number of hydrazone groups is 1. The standard InChI is InChI=1S/C15H16F3N3O/c1-19-14(22)12-10-13(11-6-3-2-4-7-11)21(20-12)9-5-8-15(16,17)18/h2-4,6-7,13H,1,5,8-10H2. The predicted molar refractivity (Wildman–Crippen MR) is 77.8 cm³/mol. The van der Waals surface area contributed by atoms with Crippen molar-refractivity contribution in [2.45, 2.75) is 31.5 Å². The molecule has 1 atom stereocenters. The van der Waals surface area contributed by atoms with Crippen LogP contribution in [-0.4, -0.2) is 36.1 Å². The van der Waals surface area contributed by atoms with Gasteiger partial charge in [-0.1, -0.05) is 30.3 Å². The van der Waals surface area contributed by atoms with Crippen LogP contribution in [0.15, 0.2) is 40.4 Å². The average Bonchev–Trinajstić information content (AvgIpc) is 2.90. The Kier molecular flexibility index (Phi) is 4.95. The maximum absolute atomic E-state index is 12.3. The van der Waals surface area contributed by atoms with Gasteiger partial charge in [0.15, 0.2) is 0 Å². The van der Waals surface area contributed by atoms with Crippen LogP contribution in [0, 0.1) is 0 Å². The van der Waals surface area contributed by atoms with Gasteiger partial charge < -0.3 is 0 Å². The quantitative estimate of drug-likeness (QED) is 0.783. The summed E-state index contributed by atoms with van der Waals surface area (Å²) in [6.07, 6.45) is -4.80. The first-order valence-electron chi connectivity index (χ1n) is 6.87. The molecule has 1 aliphatic heterocycles. The lowest BCUT2D eigenvalue weighted by molar-refractivity contribution is -0.136. The van der Waals surface area contributed by atoms with Crippen LogP contribution in [-0.2, 0) is 4.79 Å². The van der Waals surface area contributed by atoms with E-state index in [0.29, 0.717) is 6.42 Å². The molecule has 0 N–H and O–H groups in total. The zero-order valence-electron chi connectivity index (χ0n) is 11.9. The van der Waals surface area contributed by atoms with Crippen LogP contribution in [0.1, 0.15) is 30.9 Å². The molecule has 1 aromatic carbocycles. The molecule has 1 aliphatic rings. The largest absolute Gasteiger partial charge is 0.389 e. The highest BCUT2D eigenvalue weighted by atomic mass is 19.4. The summed E-state index contributed by atoms with van der Waals surface area (Å²) >= 11 is 0. The second-order valence-corrected chi connectivity index (χ2v) is 5.02. The molecule has 22 heavy (non-hydrogen) atoms. The molecule has 1 aromatic rings. The maximum Gasteiger partial charge on any atom is 0.389 e. The van der Waals surface area contributed by atoms with E-state index in [9.17, 15) is 18.0 Å². The summed E-state index contributed by atoms with van der Waals surface area (Å²) in [7, 11) is 0. The van der Waals surface area contributed by atoms with Gasteiger partial charge in [-0.3, -0.25) is 9.80 Å². The van der Waals surface area contributed by atoms with E-state index < -0.39 is 18.5 Å². The minimum absolute atomic E-state index is 0.0701. The third-order valence-electron chi connectivity index (χ3n) is 3.42. The van der Waals surface area contributed by atoms with Gasteiger partial charge in [-0.15, -0.1) is 0 Å². The van der Waals surface area contributed by atoms with E-state index >= 15 is 0 Å².